The highest BCUT2D eigenvalue weighted by Gasteiger charge is 2.35. The normalized spacial score (nSPS) is 13.4. The molecule has 0 bridgehead atoms. The number of carbonyl (C=O) groups excluding carboxylic acids is 2. The zero-order chi connectivity index (χ0) is 16.7. The van der Waals surface area contributed by atoms with Gasteiger partial charge in [-0.25, -0.2) is 0 Å². The first-order chi connectivity index (χ1) is 10.9. The summed E-state index contributed by atoms with van der Waals surface area (Å²) in [5, 5.41) is 0. The number of rotatable bonds is 3. The molecular formula is C20H19NO2. The van der Waals surface area contributed by atoms with Crippen LogP contribution in [0.1, 0.15) is 43.0 Å². The molecule has 3 nitrogen and oxygen atoms in total. The fourth-order valence-electron chi connectivity index (χ4n) is 3.07. The first-order valence-electron chi connectivity index (χ1n) is 7.61. The summed E-state index contributed by atoms with van der Waals surface area (Å²) in [6.07, 6.45) is 0. The molecule has 3 heteroatoms. The van der Waals surface area contributed by atoms with E-state index in [2.05, 4.69) is 25.6 Å². The average Bonchev–Trinajstić information content (AvgIpc) is 2.76. The SMILES string of the molecule is C=C(CN1C(=O)c2ccccc2C1=O)c1cc(C)cc(C)c1C. The van der Waals surface area contributed by atoms with Crippen LogP contribution in [-0.4, -0.2) is 23.3 Å². The lowest BCUT2D eigenvalue weighted by atomic mass is 9.95. The molecule has 0 atom stereocenters. The van der Waals surface area contributed by atoms with Crippen molar-refractivity contribution in [1.82, 2.24) is 4.90 Å². The second-order valence-corrected chi connectivity index (χ2v) is 6.10. The van der Waals surface area contributed by atoms with E-state index in [9.17, 15) is 9.59 Å². The molecule has 0 aliphatic carbocycles. The van der Waals surface area contributed by atoms with Gasteiger partial charge in [0.05, 0.1) is 17.7 Å². The van der Waals surface area contributed by atoms with E-state index in [1.807, 2.05) is 13.8 Å². The molecule has 1 heterocycles. The van der Waals surface area contributed by atoms with Gasteiger partial charge < -0.3 is 0 Å². The minimum atomic E-state index is -0.242. The summed E-state index contributed by atoms with van der Waals surface area (Å²) in [6, 6.07) is 11.1. The summed E-state index contributed by atoms with van der Waals surface area (Å²) >= 11 is 0. The highest BCUT2D eigenvalue weighted by molar-refractivity contribution is 6.21. The molecule has 0 fully saturated rings. The van der Waals surface area contributed by atoms with Crippen molar-refractivity contribution in [3.05, 3.63) is 76.4 Å². The monoisotopic (exact) mass is 305 g/mol. The Balaban J connectivity index is 1.91. The second-order valence-electron chi connectivity index (χ2n) is 6.10. The van der Waals surface area contributed by atoms with E-state index in [0.717, 1.165) is 22.3 Å². The molecular weight excluding hydrogens is 286 g/mol. The van der Waals surface area contributed by atoms with Crippen LogP contribution >= 0.6 is 0 Å². The minimum Gasteiger partial charge on any atom is -0.270 e. The molecule has 0 radical (unpaired) electrons. The minimum absolute atomic E-state index is 0.218. The van der Waals surface area contributed by atoms with Crippen LogP contribution in [-0.2, 0) is 0 Å². The van der Waals surface area contributed by atoms with Crippen LogP contribution in [0.15, 0.2) is 43.0 Å². The van der Waals surface area contributed by atoms with Crippen molar-refractivity contribution in [2.75, 3.05) is 6.54 Å². The van der Waals surface area contributed by atoms with Crippen molar-refractivity contribution in [3.8, 4) is 0 Å². The number of fused-ring (bicyclic) bond motifs is 1. The van der Waals surface area contributed by atoms with Crippen molar-refractivity contribution >= 4 is 17.4 Å². The molecule has 0 spiro atoms. The number of carbonyl (C=O) groups is 2. The van der Waals surface area contributed by atoms with E-state index >= 15 is 0 Å². The van der Waals surface area contributed by atoms with Gasteiger partial charge in [0.15, 0.2) is 0 Å². The largest absolute Gasteiger partial charge is 0.270 e. The van der Waals surface area contributed by atoms with Crippen LogP contribution in [0.3, 0.4) is 0 Å². The maximum absolute atomic E-state index is 12.5. The highest BCUT2D eigenvalue weighted by atomic mass is 16.2. The van der Waals surface area contributed by atoms with E-state index in [0.29, 0.717) is 11.1 Å². The summed E-state index contributed by atoms with van der Waals surface area (Å²) in [4.78, 5) is 26.2. The van der Waals surface area contributed by atoms with Crippen LogP contribution in [0.25, 0.3) is 5.57 Å². The lowest BCUT2D eigenvalue weighted by Gasteiger charge is -2.18. The molecule has 0 aromatic heterocycles. The van der Waals surface area contributed by atoms with Crippen molar-refractivity contribution in [2.45, 2.75) is 20.8 Å². The Morgan fingerprint density at radius 2 is 1.57 bits per heavy atom. The van der Waals surface area contributed by atoms with Crippen molar-refractivity contribution in [1.29, 1.82) is 0 Å². The molecule has 2 amide bonds. The Morgan fingerprint density at radius 1 is 1.00 bits per heavy atom. The number of hydrogen-bond donors (Lipinski definition) is 0. The summed E-state index contributed by atoms with van der Waals surface area (Å²) in [6.45, 7) is 10.5. The molecule has 116 valence electrons. The Bertz CT molecular complexity index is 814. The van der Waals surface area contributed by atoms with Crippen molar-refractivity contribution < 1.29 is 9.59 Å². The summed E-state index contributed by atoms with van der Waals surface area (Å²) in [5.74, 6) is -0.484. The molecule has 23 heavy (non-hydrogen) atoms. The molecule has 0 N–H and O–H groups in total. The summed E-state index contributed by atoms with van der Waals surface area (Å²) in [5.41, 5.74) is 6.21. The van der Waals surface area contributed by atoms with Gasteiger partial charge in [0.1, 0.15) is 0 Å². The summed E-state index contributed by atoms with van der Waals surface area (Å²) < 4.78 is 0. The van der Waals surface area contributed by atoms with Gasteiger partial charge in [-0.05, 0) is 55.2 Å². The molecule has 2 aromatic carbocycles. The Kier molecular flexibility index (Phi) is 3.64. The topological polar surface area (TPSA) is 37.4 Å². The second kappa shape index (κ2) is 5.51. The lowest BCUT2D eigenvalue weighted by Crippen LogP contribution is -2.31. The molecule has 1 aliphatic rings. The first-order valence-corrected chi connectivity index (χ1v) is 7.61. The quantitative estimate of drug-likeness (QED) is 0.806. The van der Waals surface area contributed by atoms with Crippen LogP contribution in [0.2, 0.25) is 0 Å². The predicted octanol–water partition coefficient (Wildman–Crippen LogP) is 3.92. The number of amides is 2. The number of benzene rings is 2. The van der Waals surface area contributed by atoms with E-state index in [4.69, 9.17) is 0 Å². The number of imide groups is 1. The van der Waals surface area contributed by atoms with Crippen LogP contribution in [0.4, 0.5) is 0 Å². The zero-order valence-electron chi connectivity index (χ0n) is 13.6. The maximum Gasteiger partial charge on any atom is 0.261 e. The predicted molar refractivity (Wildman–Crippen MR) is 91.5 cm³/mol. The van der Waals surface area contributed by atoms with E-state index in [1.54, 1.807) is 24.3 Å². The molecule has 2 aromatic rings. The van der Waals surface area contributed by atoms with E-state index in [1.165, 1.54) is 10.5 Å². The van der Waals surface area contributed by atoms with Gasteiger partial charge in [-0.3, -0.25) is 14.5 Å². The van der Waals surface area contributed by atoms with Crippen LogP contribution in [0, 0.1) is 20.8 Å². The van der Waals surface area contributed by atoms with Gasteiger partial charge >= 0.3 is 0 Å². The van der Waals surface area contributed by atoms with E-state index < -0.39 is 0 Å². The fraction of sp³-hybridized carbons (Fsp3) is 0.200. The van der Waals surface area contributed by atoms with Gasteiger partial charge in [-0.15, -0.1) is 0 Å². The van der Waals surface area contributed by atoms with Crippen molar-refractivity contribution in [3.63, 3.8) is 0 Å². The third kappa shape index (κ3) is 2.48. The Morgan fingerprint density at radius 3 is 2.13 bits per heavy atom. The first kappa shape index (κ1) is 15.2. The number of nitrogens with zero attached hydrogens (tertiary/aromatic N) is 1. The molecule has 3 rings (SSSR count). The number of aryl methyl sites for hydroxylation is 2. The van der Waals surface area contributed by atoms with Crippen LogP contribution in [0.5, 0.6) is 0 Å². The Labute approximate surface area is 136 Å². The van der Waals surface area contributed by atoms with E-state index in [-0.39, 0.29) is 18.4 Å². The Hall–Kier alpha value is -2.68. The van der Waals surface area contributed by atoms with Gasteiger partial charge in [0, 0.05) is 0 Å². The average molecular weight is 305 g/mol. The lowest BCUT2D eigenvalue weighted by molar-refractivity contribution is 0.0675. The molecule has 0 saturated heterocycles. The third-order valence-electron chi connectivity index (χ3n) is 4.42. The van der Waals surface area contributed by atoms with Gasteiger partial charge in [0.25, 0.3) is 11.8 Å². The van der Waals surface area contributed by atoms with Crippen molar-refractivity contribution in [2.24, 2.45) is 0 Å². The smallest absolute Gasteiger partial charge is 0.261 e. The van der Waals surface area contributed by atoms with Gasteiger partial charge in [-0.2, -0.15) is 0 Å². The molecule has 0 unspecified atom stereocenters. The van der Waals surface area contributed by atoms with Gasteiger partial charge in [0.2, 0.25) is 0 Å². The third-order valence-corrected chi connectivity index (χ3v) is 4.42. The zero-order valence-corrected chi connectivity index (χ0v) is 13.6. The van der Waals surface area contributed by atoms with Gasteiger partial charge in [-0.1, -0.05) is 36.4 Å². The number of hydrogen-bond acceptors (Lipinski definition) is 2. The summed E-state index contributed by atoms with van der Waals surface area (Å²) in [7, 11) is 0. The molecule has 1 aliphatic heterocycles. The fourth-order valence-corrected chi connectivity index (χ4v) is 3.07. The molecule has 0 saturated carbocycles. The highest BCUT2D eigenvalue weighted by Crippen LogP contribution is 2.27. The van der Waals surface area contributed by atoms with Crippen LogP contribution < -0.4 is 0 Å². The maximum atomic E-state index is 12.5. The standard InChI is InChI=1S/C20H19NO2/c1-12-9-13(2)15(4)18(10-12)14(3)11-21-19(22)16-7-5-6-8-17(16)20(21)23/h5-10H,3,11H2,1-2,4H3.